The van der Waals surface area contributed by atoms with Crippen LogP contribution in [-0.4, -0.2) is 34.8 Å². The first-order valence-electron chi connectivity index (χ1n) is 7.58. The molecule has 0 bridgehead atoms. The maximum atomic E-state index is 12.7. The largest absolute Gasteiger partial charge is 0.453 e. The van der Waals surface area contributed by atoms with E-state index in [0.29, 0.717) is 18.4 Å². The summed E-state index contributed by atoms with van der Waals surface area (Å²) in [5.74, 6) is -0.981. The van der Waals surface area contributed by atoms with Gasteiger partial charge >= 0.3 is 5.97 Å². The van der Waals surface area contributed by atoms with Crippen molar-refractivity contribution in [1.82, 2.24) is 10.3 Å². The lowest BCUT2D eigenvalue weighted by atomic mass is 10.0. The third-order valence-electron chi connectivity index (χ3n) is 4.08. The van der Waals surface area contributed by atoms with Gasteiger partial charge in [0.25, 0.3) is 0 Å². The molecule has 0 spiro atoms. The van der Waals surface area contributed by atoms with E-state index in [2.05, 4.69) is 10.3 Å². The van der Waals surface area contributed by atoms with Crippen LogP contribution in [0.5, 0.6) is 0 Å². The fourth-order valence-electron chi connectivity index (χ4n) is 2.90. The Balaban J connectivity index is 1.78. The number of ether oxygens (including phenoxy) is 1. The normalized spacial score (nSPS) is 18.7. The predicted molar refractivity (Wildman–Crippen MR) is 84.1 cm³/mol. The number of nitrogens with one attached hydrogen (secondary N) is 2. The van der Waals surface area contributed by atoms with E-state index in [4.69, 9.17) is 4.74 Å². The van der Waals surface area contributed by atoms with Crippen molar-refractivity contribution >= 4 is 28.6 Å². The molecule has 1 fully saturated rings. The van der Waals surface area contributed by atoms with E-state index in [1.807, 2.05) is 31.2 Å². The van der Waals surface area contributed by atoms with E-state index >= 15 is 0 Å². The van der Waals surface area contributed by atoms with Gasteiger partial charge in [-0.15, -0.1) is 0 Å². The van der Waals surface area contributed by atoms with Gasteiger partial charge in [-0.2, -0.15) is 0 Å². The lowest BCUT2D eigenvalue weighted by molar-refractivity contribution is -0.149. The molecule has 1 aliphatic rings. The minimum atomic E-state index is -0.905. The Morgan fingerprint density at radius 1 is 1.30 bits per heavy atom. The Kier molecular flexibility index (Phi) is 3.90. The smallest absolute Gasteiger partial charge is 0.329 e. The number of H-pyrrole nitrogens is 1. The summed E-state index contributed by atoms with van der Waals surface area (Å²) < 4.78 is 5.26. The molecule has 0 unspecified atom stereocenters. The van der Waals surface area contributed by atoms with E-state index < -0.39 is 18.1 Å². The van der Waals surface area contributed by atoms with E-state index in [-0.39, 0.29) is 11.7 Å². The number of amides is 1. The SMILES string of the molecule is Cc1[nH]c2ccccc2c1C(=O)[C@H](C)OC(=O)[C@H]1CCC(=O)N1. The number of aryl methyl sites for hydroxylation is 1. The summed E-state index contributed by atoms with van der Waals surface area (Å²) in [7, 11) is 0. The van der Waals surface area contributed by atoms with Gasteiger partial charge in [-0.1, -0.05) is 18.2 Å². The lowest BCUT2D eigenvalue weighted by Crippen LogP contribution is -2.37. The van der Waals surface area contributed by atoms with Gasteiger partial charge in [-0.3, -0.25) is 9.59 Å². The number of esters is 1. The fourth-order valence-corrected chi connectivity index (χ4v) is 2.90. The van der Waals surface area contributed by atoms with Crippen molar-refractivity contribution in [3.05, 3.63) is 35.5 Å². The molecule has 23 heavy (non-hydrogen) atoms. The summed E-state index contributed by atoms with van der Waals surface area (Å²) in [5, 5.41) is 3.35. The van der Waals surface area contributed by atoms with Crippen LogP contribution in [0.15, 0.2) is 24.3 Å². The maximum Gasteiger partial charge on any atom is 0.329 e. The molecule has 0 saturated carbocycles. The van der Waals surface area contributed by atoms with Gasteiger partial charge in [-0.05, 0) is 26.3 Å². The highest BCUT2D eigenvalue weighted by Crippen LogP contribution is 2.24. The molecule has 2 atom stereocenters. The van der Waals surface area contributed by atoms with Crippen molar-refractivity contribution in [2.24, 2.45) is 0 Å². The third-order valence-corrected chi connectivity index (χ3v) is 4.08. The first kappa shape index (κ1) is 15.3. The predicted octanol–water partition coefficient (Wildman–Crippen LogP) is 1.87. The second-order valence-corrected chi connectivity index (χ2v) is 5.77. The summed E-state index contributed by atoms with van der Waals surface area (Å²) in [5.41, 5.74) is 2.15. The van der Waals surface area contributed by atoms with Gasteiger partial charge in [-0.25, -0.2) is 4.79 Å². The van der Waals surface area contributed by atoms with E-state index in [9.17, 15) is 14.4 Å². The number of hydrogen-bond donors (Lipinski definition) is 2. The minimum absolute atomic E-state index is 0.168. The topological polar surface area (TPSA) is 88.3 Å². The van der Waals surface area contributed by atoms with Gasteiger partial charge in [0.2, 0.25) is 11.7 Å². The summed E-state index contributed by atoms with van der Waals surface area (Å²) in [6.07, 6.45) is -0.188. The molecule has 1 aromatic heterocycles. The minimum Gasteiger partial charge on any atom is -0.453 e. The molecule has 120 valence electrons. The van der Waals surface area contributed by atoms with Crippen LogP contribution in [0.4, 0.5) is 0 Å². The first-order chi connectivity index (χ1) is 11.0. The van der Waals surface area contributed by atoms with E-state index in [1.54, 1.807) is 6.92 Å². The zero-order chi connectivity index (χ0) is 16.6. The Bertz CT molecular complexity index is 793. The molecule has 2 N–H and O–H groups in total. The van der Waals surface area contributed by atoms with E-state index in [1.165, 1.54) is 0 Å². The summed E-state index contributed by atoms with van der Waals surface area (Å²) in [6, 6.07) is 6.85. The Morgan fingerprint density at radius 2 is 2.04 bits per heavy atom. The summed E-state index contributed by atoms with van der Waals surface area (Å²) >= 11 is 0. The molecular formula is C17H18N2O4. The standard InChI is InChI=1S/C17H18N2O4/c1-9-15(11-5-3-4-6-12(11)18-9)16(21)10(2)23-17(22)13-7-8-14(20)19-13/h3-6,10,13,18H,7-8H2,1-2H3,(H,19,20)/t10-,13+/m0/s1. The lowest BCUT2D eigenvalue weighted by Gasteiger charge is -2.15. The number of aromatic amines is 1. The van der Waals surface area contributed by atoms with Crippen LogP contribution in [-0.2, 0) is 14.3 Å². The van der Waals surface area contributed by atoms with Crippen molar-refractivity contribution in [1.29, 1.82) is 0 Å². The van der Waals surface area contributed by atoms with Crippen molar-refractivity contribution in [3.8, 4) is 0 Å². The quantitative estimate of drug-likeness (QED) is 0.666. The number of fused-ring (bicyclic) bond motifs is 1. The monoisotopic (exact) mass is 314 g/mol. The molecule has 0 aliphatic carbocycles. The van der Waals surface area contributed by atoms with Crippen molar-refractivity contribution in [2.45, 2.75) is 38.8 Å². The van der Waals surface area contributed by atoms with Crippen LogP contribution >= 0.6 is 0 Å². The Hall–Kier alpha value is -2.63. The number of hydrogen-bond acceptors (Lipinski definition) is 4. The fraction of sp³-hybridized carbons (Fsp3) is 0.353. The second kappa shape index (κ2) is 5.87. The van der Waals surface area contributed by atoms with Gasteiger partial charge in [0, 0.05) is 28.6 Å². The number of benzene rings is 1. The molecule has 1 aromatic carbocycles. The van der Waals surface area contributed by atoms with Crippen molar-refractivity contribution in [3.63, 3.8) is 0 Å². The highest BCUT2D eigenvalue weighted by molar-refractivity contribution is 6.11. The van der Waals surface area contributed by atoms with Gasteiger partial charge in [0.05, 0.1) is 0 Å². The molecular weight excluding hydrogens is 296 g/mol. The first-order valence-corrected chi connectivity index (χ1v) is 7.58. The number of Topliss-reactive ketones (excluding diaryl/α,β-unsaturated/α-hetero) is 1. The van der Waals surface area contributed by atoms with Crippen LogP contribution in [0, 0.1) is 6.92 Å². The highest BCUT2D eigenvalue weighted by Gasteiger charge is 2.31. The summed E-state index contributed by atoms with van der Waals surface area (Å²) in [6.45, 7) is 3.37. The van der Waals surface area contributed by atoms with Crippen LogP contribution < -0.4 is 5.32 Å². The van der Waals surface area contributed by atoms with Crippen LogP contribution in [0.1, 0.15) is 35.8 Å². The molecule has 2 aromatic rings. The molecule has 1 amide bonds. The molecule has 1 aliphatic heterocycles. The van der Waals surface area contributed by atoms with Gasteiger partial charge < -0.3 is 15.0 Å². The number of carbonyl (C=O) groups excluding carboxylic acids is 3. The summed E-state index contributed by atoms with van der Waals surface area (Å²) in [4.78, 5) is 39.0. The number of rotatable bonds is 4. The van der Waals surface area contributed by atoms with E-state index in [0.717, 1.165) is 16.6 Å². The highest BCUT2D eigenvalue weighted by atomic mass is 16.5. The van der Waals surface area contributed by atoms with Gasteiger partial charge in [0.15, 0.2) is 6.10 Å². The third kappa shape index (κ3) is 2.84. The number of ketones is 1. The zero-order valence-electron chi connectivity index (χ0n) is 13.0. The molecule has 0 radical (unpaired) electrons. The molecule has 1 saturated heterocycles. The Morgan fingerprint density at radius 3 is 2.74 bits per heavy atom. The molecule has 6 nitrogen and oxygen atoms in total. The molecule has 6 heteroatoms. The Labute approximate surface area is 133 Å². The van der Waals surface area contributed by atoms with Crippen LogP contribution in [0.2, 0.25) is 0 Å². The van der Waals surface area contributed by atoms with Crippen molar-refractivity contribution < 1.29 is 19.1 Å². The number of aromatic nitrogens is 1. The van der Waals surface area contributed by atoms with Gasteiger partial charge in [0.1, 0.15) is 6.04 Å². The van der Waals surface area contributed by atoms with Crippen LogP contribution in [0.25, 0.3) is 10.9 Å². The number of carbonyl (C=O) groups is 3. The molecule has 3 rings (SSSR count). The maximum absolute atomic E-state index is 12.7. The average molecular weight is 314 g/mol. The zero-order valence-corrected chi connectivity index (χ0v) is 13.0. The average Bonchev–Trinajstić information content (AvgIpc) is 3.09. The number of para-hydroxylation sites is 1. The van der Waals surface area contributed by atoms with Crippen LogP contribution in [0.3, 0.4) is 0 Å². The second-order valence-electron chi connectivity index (χ2n) is 5.77. The molecule has 2 heterocycles. The van der Waals surface area contributed by atoms with Crippen molar-refractivity contribution in [2.75, 3.05) is 0 Å².